The molecule has 0 radical (unpaired) electrons. The van der Waals surface area contributed by atoms with E-state index in [-0.39, 0.29) is 12.1 Å². The average molecular weight is 404 g/mol. The third-order valence-electron chi connectivity index (χ3n) is 3.76. The highest BCUT2D eigenvalue weighted by Crippen LogP contribution is 2.24. The molecular weight excluding hydrogens is 386 g/mol. The summed E-state index contributed by atoms with van der Waals surface area (Å²) in [5.74, 6) is 0.768. The Labute approximate surface area is 165 Å². The number of methoxy groups -OCH3 is 1. The summed E-state index contributed by atoms with van der Waals surface area (Å²) < 4.78 is 5.18. The number of hydrogen-bond acceptors (Lipinski definition) is 6. The zero-order valence-corrected chi connectivity index (χ0v) is 16.1. The molecule has 0 unspecified atom stereocenters. The monoisotopic (exact) mass is 403 g/mol. The second-order valence-corrected chi connectivity index (χ2v) is 7.17. The number of anilines is 2. The van der Waals surface area contributed by atoms with Gasteiger partial charge < -0.3 is 21.1 Å². The van der Waals surface area contributed by atoms with Crippen LogP contribution < -0.4 is 21.1 Å². The quantitative estimate of drug-likeness (QED) is 0.579. The Bertz CT molecular complexity index is 899. The van der Waals surface area contributed by atoms with Crippen LogP contribution in [0.4, 0.5) is 15.6 Å². The minimum absolute atomic E-state index is 0.352. The SMILES string of the molecule is COc1ccc(C[C@H](NC(=O)Nc2ccc(Cl)cc2)c2nnc(N)s2)cc1. The lowest BCUT2D eigenvalue weighted by Gasteiger charge is -2.17. The summed E-state index contributed by atoms with van der Waals surface area (Å²) in [6, 6.07) is 13.7. The van der Waals surface area contributed by atoms with E-state index in [0.717, 1.165) is 11.3 Å². The molecule has 0 aliphatic heterocycles. The second-order valence-electron chi connectivity index (χ2n) is 5.69. The van der Waals surface area contributed by atoms with Crippen molar-refractivity contribution in [2.75, 3.05) is 18.2 Å². The van der Waals surface area contributed by atoms with Gasteiger partial charge in [-0.3, -0.25) is 0 Å². The molecule has 9 heteroatoms. The van der Waals surface area contributed by atoms with Gasteiger partial charge in [0, 0.05) is 10.7 Å². The van der Waals surface area contributed by atoms with Crippen LogP contribution in [0.5, 0.6) is 5.75 Å². The van der Waals surface area contributed by atoms with Gasteiger partial charge in [0.1, 0.15) is 10.8 Å². The summed E-state index contributed by atoms with van der Waals surface area (Å²) >= 11 is 7.11. The van der Waals surface area contributed by atoms with E-state index in [9.17, 15) is 4.79 Å². The molecule has 4 N–H and O–H groups in total. The van der Waals surface area contributed by atoms with E-state index in [1.54, 1.807) is 31.4 Å². The molecule has 1 atom stereocenters. The third-order valence-corrected chi connectivity index (χ3v) is 4.88. The maximum atomic E-state index is 12.4. The lowest BCUT2D eigenvalue weighted by Crippen LogP contribution is -2.33. The van der Waals surface area contributed by atoms with Crippen LogP contribution in [0.2, 0.25) is 5.02 Å². The number of halogens is 1. The number of ether oxygens (including phenoxy) is 1. The van der Waals surface area contributed by atoms with Gasteiger partial charge >= 0.3 is 6.03 Å². The lowest BCUT2D eigenvalue weighted by atomic mass is 10.1. The van der Waals surface area contributed by atoms with Crippen LogP contribution in [0.25, 0.3) is 0 Å². The van der Waals surface area contributed by atoms with Gasteiger partial charge in [-0.25, -0.2) is 4.79 Å². The lowest BCUT2D eigenvalue weighted by molar-refractivity contribution is 0.248. The normalized spacial score (nSPS) is 11.6. The Balaban J connectivity index is 1.73. The van der Waals surface area contributed by atoms with Crippen LogP contribution in [0.3, 0.4) is 0 Å². The van der Waals surface area contributed by atoms with Crippen molar-refractivity contribution in [2.45, 2.75) is 12.5 Å². The molecule has 2 aromatic carbocycles. The Morgan fingerprint density at radius 3 is 2.48 bits per heavy atom. The van der Waals surface area contributed by atoms with Crippen LogP contribution in [0, 0.1) is 0 Å². The van der Waals surface area contributed by atoms with Gasteiger partial charge in [-0.2, -0.15) is 0 Å². The van der Waals surface area contributed by atoms with Crippen LogP contribution >= 0.6 is 22.9 Å². The molecule has 0 spiro atoms. The van der Waals surface area contributed by atoms with Gasteiger partial charge in [0.15, 0.2) is 0 Å². The molecule has 2 amide bonds. The standard InChI is InChI=1S/C18H18ClN5O2S/c1-26-14-8-2-11(3-9-14)10-15(16-23-24-17(20)27-16)22-18(25)21-13-6-4-12(19)5-7-13/h2-9,15H,10H2,1H3,(H2,20,24)(H2,21,22,25)/t15-/m0/s1. The highest BCUT2D eigenvalue weighted by atomic mass is 35.5. The van der Waals surface area contributed by atoms with Gasteiger partial charge in [-0.15, -0.1) is 10.2 Å². The molecule has 0 bridgehead atoms. The first kappa shape index (κ1) is 18.9. The summed E-state index contributed by atoms with van der Waals surface area (Å²) in [6.07, 6.45) is 0.534. The van der Waals surface area contributed by atoms with Gasteiger partial charge in [-0.1, -0.05) is 35.1 Å². The molecule has 0 saturated heterocycles. The molecule has 140 valence electrons. The Morgan fingerprint density at radius 1 is 1.19 bits per heavy atom. The molecule has 1 heterocycles. The molecule has 3 rings (SSSR count). The molecule has 0 aliphatic carbocycles. The van der Waals surface area contributed by atoms with E-state index in [2.05, 4.69) is 20.8 Å². The summed E-state index contributed by atoms with van der Waals surface area (Å²) in [4.78, 5) is 12.4. The Morgan fingerprint density at radius 2 is 1.89 bits per heavy atom. The topological polar surface area (TPSA) is 102 Å². The van der Waals surface area contributed by atoms with Crippen molar-refractivity contribution in [3.63, 3.8) is 0 Å². The predicted molar refractivity (Wildman–Crippen MR) is 107 cm³/mol. The van der Waals surface area contributed by atoms with E-state index >= 15 is 0 Å². The van der Waals surface area contributed by atoms with Crippen LogP contribution in [-0.4, -0.2) is 23.3 Å². The molecule has 3 aromatic rings. The van der Waals surface area contributed by atoms with E-state index in [4.69, 9.17) is 22.1 Å². The van der Waals surface area contributed by atoms with E-state index in [1.807, 2.05) is 24.3 Å². The molecule has 7 nitrogen and oxygen atoms in total. The summed E-state index contributed by atoms with van der Waals surface area (Å²) in [5.41, 5.74) is 7.35. The molecule has 0 saturated carbocycles. The average Bonchev–Trinajstić information content (AvgIpc) is 3.10. The predicted octanol–water partition coefficient (Wildman–Crippen LogP) is 3.89. The van der Waals surface area contributed by atoms with Crippen LogP contribution in [0.1, 0.15) is 16.6 Å². The van der Waals surface area contributed by atoms with Gasteiger partial charge in [0.2, 0.25) is 5.13 Å². The first-order valence-electron chi connectivity index (χ1n) is 8.08. The number of amides is 2. The zero-order valence-electron chi connectivity index (χ0n) is 14.5. The maximum Gasteiger partial charge on any atom is 0.319 e. The van der Waals surface area contributed by atoms with Crippen molar-refractivity contribution >= 4 is 39.8 Å². The van der Waals surface area contributed by atoms with Gasteiger partial charge in [0.05, 0.1) is 13.2 Å². The van der Waals surface area contributed by atoms with Gasteiger partial charge in [0.25, 0.3) is 0 Å². The number of nitrogens with one attached hydrogen (secondary N) is 2. The molecule has 27 heavy (non-hydrogen) atoms. The van der Waals surface area contributed by atoms with Crippen molar-refractivity contribution in [3.8, 4) is 5.75 Å². The number of carbonyl (C=O) groups is 1. The minimum Gasteiger partial charge on any atom is -0.497 e. The number of nitrogens with two attached hydrogens (primary N) is 1. The van der Waals surface area contributed by atoms with Crippen molar-refractivity contribution in [1.29, 1.82) is 0 Å². The molecule has 0 fully saturated rings. The Kier molecular flexibility index (Phi) is 6.10. The maximum absolute atomic E-state index is 12.4. The van der Waals surface area contributed by atoms with E-state index in [0.29, 0.717) is 27.3 Å². The van der Waals surface area contributed by atoms with E-state index in [1.165, 1.54) is 11.3 Å². The zero-order chi connectivity index (χ0) is 19.2. The first-order chi connectivity index (χ1) is 13.0. The van der Waals surface area contributed by atoms with Crippen molar-refractivity contribution in [3.05, 3.63) is 64.1 Å². The fraction of sp³-hybridized carbons (Fsp3) is 0.167. The third kappa shape index (κ3) is 5.32. The van der Waals surface area contributed by atoms with Crippen molar-refractivity contribution in [2.24, 2.45) is 0 Å². The summed E-state index contributed by atoms with van der Waals surface area (Å²) in [6.45, 7) is 0. The highest BCUT2D eigenvalue weighted by Gasteiger charge is 2.20. The summed E-state index contributed by atoms with van der Waals surface area (Å²) in [7, 11) is 1.62. The number of urea groups is 1. The number of benzene rings is 2. The number of carbonyl (C=O) groups excluding carboxylic acids is 1. The van der Waals surface area contributed by atoms with Crippen LogP contribution in [-0.2, 0) is 6.42 Å². The largest absolute Gasteiger partial charge is 0.497 e. The van der Waals surface area contributed by atoms with Crippen molar-refractivity contribution in [1.82, 2.24) is 15.5 Å². The number of nitrogen functional groups attached to an aromatic ring is 1. The highest BCUT2D eigenvalue weighted by molar-refractivity contribution is 7.15. The fourth-order valence-corrected chi connectivity index (χ4v) is 3.23. The first-order valence-corrected chi connectivity index (χ1v) is 9.28. The smallest absolute Gasteiger partial charge is 0.319 e. The fourth-order valence-electron chi connectivity index (χ4n) is 2.44. The second kappa shape index (κ2) is 8.70. The number of rotatable bonds is 6. The molecule has 1 aromatic heterocycles. The van der Waals surface area contributed by atoms with Crippen LogP contribution in [0.15, 0.2) is 48.5 Å². The minimum atomic E-state index is -0.375. The number of aromatic nitrogens is 2. The van der Waals surface area contributed by atoms with Crippen molar-refractivity contribution < 1.29 is 9.53 Å². The van der Waals surface area contributed by atoms with Gasteiger partial charge in [-0.05, 0) is 48.4 Å². The molecular formula is C18H18ClN5O2S. The molecule has 0 aliphatic rings. The summed E-state index contributed by atoms with van der Waals surface area (Å²) in [5, 5.41) is 15.2. The Hall–Kier alpha value is -2.84. The number of hydrogen-bond donors (Lipinski definition) is 3. The number of nitrogens with zero attached hydrogens (tertiary/aromatic N) is 2. The van der Waals surface area contributed by atoms with E-state index < -0.39 is 0 Å².